The second-order valence-electron chi connectivity index (χ2n) is 6.51. The summed E-state index contributed by atoms with van der Waals surface area (Å²) in [7, 11) is 0. The summed E-state index contributed by atoms with van der Waals surface area (Å²) in [6, 6.07) is 0.947. The summed E-state index contributed by atoms with van der Waals surface area (Å²) in [6.45, 7) is 6.39. The Morgan fingerprint density at radius 1 is 1.41 bits per heavy atom. The topological polar surface area (TPSA) is 79.2 Å². The van der Waals surface area contributed by atoms with Crippen LogP contribution in [0.25, 0.3) is 0 Å². The van der Waals surface area contributed by atoms with Crippen molar-refractivity contribution in [3.8, 4) is 0 Å². The third kappa shape index (κ3) is 3.97. The van der Waals surface area contributed by atoms with Gasteiger partial charge in [-0.15, -0.1) is 0 Å². The molecular formula is C17H30N4O. The van der Waals surface area contributed by atoms with Gasteiger partial charge in [-0.25, -0.2) is 0 Å². The number of hydrogen-bond acceptors (Lipinski definition) is 4. The Morgan fingerprint density at radius 3 is 2.86 bits per heavy atom. The van der Waals surface area contributed by atoms with Crippen LogP contribution in [0.3, 0.4) is 0 Å². The Balaban J connectivity index is 2.00. The van der Waals surface area contributed by atoms with Crippen LogP contribution in [-0.2, 0) is 4.79 Å². The van der Waals surface area contributed by atoms with E-state index >= 15 is 0 Å². The summed E-state index contributed by atoms with van der Waals surface area (Å²) in [6.07, 6.45) is 9.43. The Morgan fingerprint density at radius 2 is 2.18 bits per heavy atom. The van der Waals surface area contributed by atoms with Gasteiger partial charge in [0.1, 0.15) is 0 Å². The largest absolute Gasteiger partial charge is 0.330 e. The minimum atomic E-state index is -0.266. The van der Waals surface area contributed by atoms with Gasteiger partial charge >= 0.3 is 0 Å². The van der Waals surface area contributed by atoms with Crippen LogP contribution in [-0.4, -0.2) is 30.7 Å². The maximum Gasteiger partial charge on any atom is 0.231 e. The molecule has 1 aliphatic heterocycles. The van der Waals surface area contributed by atoms with E-state index < -0.39 is 0 Å². The minimum absolute atomic E-state index is 0.0191. The molecule has 5 nitrogen and oxygen atoms in total. The number of nitrogens with one attached hydrogen (secondary N) is 3. The minimum Gasteiger partial charge on any atom is -0.330 e. The molecule has 0 aromatic heterocycles. The molecule has 1 saturated heterocycles. The smallest absolute Gasteiger partial charge is 0.231 e. The van der Waals surface area contributed by atoms with Crippen LogP contribution in [0.4, 0.5) is 0 Å². The van der Waals surface area contributed by atoms with Crippen molar-refractivity contribution in [1.82, 2.24) is 16.0 Å². The lowest BCUT2D eigenvalue weighted by molar-refractivity contribution is -0.125. The quantitative estimate of drug-likeness (QED) is 0.576. The lowest BCUT2D eigenvalue weighted by Gasteiger charge is -2.42. The van der Waals surface area contributed by atoms with Gasteiger partial charge in [-0.2, -0.15) is 0 Å². The van der Waals surface area contributed by atoms with Gasteiger partial charge in [0, 0.05) is 24.3 Å². The van der Waals surface area contributed by atoms with E-state index in [1.54, 1.807) is 0 Å². The SMILES string of the molecule is C/C=C/C=C(\C)NC(=O)C(CN)C1NC(C)C2CCCC2N1. The first-order chi connectivity index (χ1) is 10.6. The average molecular weight is 306 g/mol. The highest BCUT2D eigenvalue weighted by Gasteiger charge is 2.41. The zero-order valence-corrected chi connectivity index (χ0v) is 13.9. The summed E-state index contributed by atoms with van der Waals surface area (Å²) in [4.78, 5) is 12.5. The molecule has 1 amide bonds. The number of allylic oxidation sites excluding steroid dienone is 4. The monoisotopic (exact) mass is 306 g/mol. The maximum absolute atomic E-state index is 12.5. The molecular weight excluding hydrogens is 276 g/mol. The zero-order chi connectivity index (χ0) is 16.1. The van der Waals surface area contributed by atoms with Crippen molar-refractivity contribution in [3.05, 3.63) is 23.9 Å². The van der Waals surface area contributed by atoms with Gasteiger partial charge in [-0.3, -0.25) is 15.4 Å². The van der Waals surface area contributed by atoms with E-state index in [4.69, 9.17) is 5.73 Å². The van der Waals surface area contributed by atoms with Crippen LogP contribution < -0.4 is 21.7 Å². The lowest BCUT2D eigenvalue weighted by atomic mass is 9.89. The van der Waals surface area contributed by atoms with Gasteiger partial charge in [-0.1, -0.05) is 18.6 Å². The first kappa shape index (κ1) is 17.2. The lowest BCUT2D eigenvalue weighted by Crippen LogP contribution is -2.66. The molecule has 0 bridgehead atoms. The molecule has 0 radical (unpaired) electrons. The summed E-state index contributed by atoms with van der Waals surface area (Å²) < 4.78 is 0. The van der Waals surface area contributed by atoms with Gasteiger partial charge in [0.25, 0.3) is 0 Å². The normalized spacial score (nSPS) is 33.7. The van der Waals surface area contributed by atoms with Crippen LogP contribution in [0.15, 0.2) is 23.9 Å². The number of hydrogen-bond donors (Lipinski definition) is 4. The molecule has 124 valence electrons. The maximum atomic E-state index is 12.5. The molecule has 5 atom stereocenters. The predicted molar refractivity (Wildman–Crippen MR) is 89.9 cm³/mol. The molecule has 0 aromatic rings. The van der Waals surface area contributed by atoms with Gasteiger partial charge in [-0.05, 0) is 45.6 Å². The molecule has 1 saturated carbocycles. The second kappa shape index (κ2) is 7.90. The zero-order valence-electron chi connectivity index (χ0n) is 13.9. The van der Waals surface area contributed by atoms with Crippen molar-refractivity contribution in [1.29, 1.82) is 0 Å². The van der Waals surface area contributed by atoms with E-state index in [9.17, 15) is 4.79 Å². The Bertz CT molecular complexity index is 446. The number of nitrogens with two attached hydrogens (primary N) is 1. The molecule has 0 aromatic carbocycles. The van der Waals surface area contributed by atoms with Crippen molar-refractivity contribution >= 4 is 5.91 Å². The molecule has 1 heterocycles. The van der Waals surface area contributed by atoms with Gasteiger partial charge < -0.3 is 11.1 Å². The molecule has 5 heteroatoms. The molecule has 5 unspecified atom stereocenters. The fourth-order valence-electron chi connectivity index (χ4n) is 3.68. The summed E-state index contributed by atoms with van der Waals surface area (Å²) in [5.41, 5.74) is 6.73. The van der Waals surface area contributed by atoms with Gasteiger partial charge in [0.15, 0.2) is 0 Å². The highest BCUT2D eigenvalue weighted by atomic mass is 16.2. The molecule has 2 fully saturated rings. The summed E-state index contributed by atoms with van der Waals surface area (Å²) >= 11 is 0. The average Bonchev–Trinajstić information content (AvgIpc) is 2.95. The van der Waals surface area contributed by atoms with Crippen molar-refractivity contribution in [2.24, 2.45) is 17.6 Å². The molecule has 5 N–H and O–H groups in total. The third-order valence-electron chi connectivity index (χ3n) is 4.90. The van der Waals surface area contributed by atoms with E-state index in [0.29, 0.717) is 24.5 Å². The van der Waals surface area contributed by atoms with E-state index in [1.165, 1.54) is 19.3 Å². The first-order valence-corrected chi connectivity index (χ1v) is 8.39. The van der Waals surface area contributed by atoms with Gasteiger partial charge in [0.05, 0.1) is 12.1 Å². The number of fused-ring (bicyclic) bond motifs is 1. The van der Waals surface area contributed by atoms with Crippen LogP contribution in [0.2, 0.25) is 0 Å². The Hall–Kier alpha value is -1.17. The van der Waals surface area contributed by atoms with Crippen LogP contribution in [0.5, 0.6) is 0 Å². The molecule has 1 aliphatic carbocycles. The molecule has 2 rings (SSSR count). The third-order valence-corrected chi connectivity index (χ3v) is 4.90. The van der Waals surface area contributed by atoms with Crippen molar-refractivity contribution < 1.29 is 4.79 Å². The van der Waals surface area contributed by atoms with E-state index in [2.05, 4.69) is 22.9 Å². The summed E-state index contributed by atoms with van der Waals surface area (Å²) in [5.74, 6) is 0.390. The van der Waals surface area contributed by atoms with E-state index in [-0.39, 0.29) is 18.0 Å². The number of amides is 1. The number of carbonyl (C=O) groups is 1. The number of rotatable bonds is 5. The standard InChI is InChI=1S/C17H30N4O/c1-4-5-7-11(2)19-17(22)14(10-18)16-20-12(3)13-8-6-9-15(13)21-16/h4-5,7,12-16,20-21H,6,8-10,18H2,1-3H3,(H,19,22)/b5-4+,11-7+. The van der Waals surface area contributed by atoms with Crippen molar-refractivity contribution in [2.75, 3.05) is 6.54 Å². The van der Waals surface area contributed by atoms with Gasteiger partial charge in [0.2, 0.25) is 5.91 Å². The second-order valence-corrected chi connectivity index (χ2v) is 6.51. The fourth-order valence-corrected chi connectivity index (χ4v) is 3.68. The van der Waals surface area contributed by atoms with Crippen LogP contribution in [0, 0.1) is 11.8 Å². The molecule has 0 spiro atoms. The van der Waals surface area contributed by atoms with E-state index in [0.717, 1.165) is 5.70 Å². The van der Waals surface area contributed by atoms with E-state index in [1.807, 2.05) is 32.1 Å². The van der Waals surface area contributed by atoms with Crippen molar-refractivity contribution in [3.63, 3.8) is 0 Å². The summed E-state index contributed by atoms with van der Waals surface area (Å²) in [5, 5.41) is 10.1. The highest BCUT2D eigenvalue weighted by molar-refractivity contribution is 5.81. The first-order valence-electron chi connectivity index (χ1n) is 8.39. The molecule has 22 heavy (non-hydrogen) atoms. The Labute approximate surface area is 133 Å². The number of carbonyl (C=O) groups excluding carboxylic acids is 1. The van der Waals surface area contributed by atoms with Crippen molar-refractivity contribution in [2.45, 2.75) is 58.3 Å². The Kier molecular flexibility index (Phi) is 6.17. The van der Waals surface area contributed by atoms with Crippen LogP contribution >= 0.6 is 0 Å². The predicted octanol–water partition coefficient (Wildman–Crippen LogP) is 1.23. The molecule has 2 aliphatic rings. The highest BCUT2D eigenvalue weighted by Crippen LogP contribution is 2.32. The van der Waals surface area contributed by atoms with Crippen LogP contribution in [0.1, 0.15) is 40.0 Å². The fraction of sp³-hybridized carbons (Fsp3) is 0.706.